The van der Waals surface area contributed by atoms with Gasteiger partial charge in [0.1, 0.15) is 0 Å². The predicted octanol–water partition coefficient (Wildman–Crippen LogP) is 11.5. The molecule has 5 heteroatoms. The van der Waals surface area contributed by atoms with Crippen LogP contribution < -0.4 is 0 Å². The van der Waals surface area contributed by atoms with E-state index in [4.69, 9.17) is 9.97 Å². The number of benzene rings is 7. The number of rotatable bonds is 5. The zero-order valence-corrected chi connectivity index (χ0v) is 28.0. The summed E-state index contributed by atoms with van der Waals surface area (Å²) in [6, 6.07) is 63.1. The topological polar surface area (TPSA) is 59.4 Å². The first-order valence-corrected chi connectivity index (χ1v) is 17.3. The average molecular weight is 664 g/mol. The maximum absolute atomic E-state index is 9.89. The van der Waals surface area contributed by atoms with Crippen molar-refractivity contribution in [2.45, 2.75) is 0 Å². The molecule has 0 amide bonds. The number of hydrogen-bond donors (Lipinski definition) is 0. The normalized spacial score (nSPS) is 11.4. The minimum absolute atomic E-state index is 0.640. The van der Waals surface area contributed by atoms with E-state index in [2.05, 4.69) is 130 Å². The summed E-state index contributed by atoms with van der Waals surface area (Å²) in [7, 11) is 0. The first-order chi connectivity index (χ1) is 25.7. The number of nitrogens with zero attached hydrogens (tertiary/aromatic N) is 5. The van der Waals surface area contributed by atoms with Gasteiger partial charge in [0.15, 0.2) is 5.82 Å². The van der Waals surface area contributed by atoms with E-state index < -0.39 is 0 Å². The third-order valence-electron chi connectivity index (χ3n) is 9.95. The summed E-state index contributed by atoms with van der Waals surface area (Å²) in [5, 5.41) is 14.4. The van der Waals surface area contributed by atoms with Crippen molar-refractivity contribution < 1.29 is 0 Å². The summed E-state index contributed by atoms with van der Waals surface area (Å²) < 4.78 is 4.70. The molecular formula is C47H29N5. The third-order valence-corrected chi connectivity index (χ3v) is 9.95. The number of para-hydroxylation sites is 2. The van der Waals surface area contributed by atoms with Crippen LogP contribution in [0.4, 0.5) is 0 Å². The Kier molecular flexibility index (Phi) is 6.80. The fourth-order valence-corrected chi connectivity index (χ4v) is 7.60. The van der Waals surface area contributed by atoms with Crippen LogP contribution in [0, 0.1) is 11.3 Å². The molecular weight excluding hydrogens is 635 g/mol. The van der Waals surface area contributed by atoms with Crippen molar-refractivity contribution in [1.82, 2.24) is 19.1 Å². The lowest BCUT2D eigenvalue weighted by Crippen LogP contribution is -1.97. The standard InChI is InChI=1S/C47H29N5/c48-30-31-20-26-43-39(28-31)37-25-27-44-45(38-18-10-11-19-42(38)51(44)35-16-8-3-9-17-35)46(37)52(43)36-23-21-33(22-24-36)41-29-40(32-12-4-1-5-13-32)49-47(50-41)34-14-6-2-7-15-34/h1-29H. The molecule has 7 aromatic carbocycles. The van der Waals surface area contributed by atoms with Crippen LogP contribution in [0.5, 0.6) is 0 Å². The minimum Gasteiger partial charge on any atom is -0.309 e. The summed E-state index contributed by atoms with van der Waals surface area (Å²) >= 11 is 0. The maximum atomic E-state index is 9.89. The van der Waals surface area contributed by atoms with E-state index in [1.54, 1.807) is 0 Å². The molecule has 0 bridgehead atoms. The van der Waals surface area contributed by atoms with Gasteiger partial charge in [0.2, 0.25) is 0 Å². The quantitative estimate of drug-likeness (QED) is 0.184. The average Bonchev–Trinajstić information content (AvgIpc) is 3.74. The molecule has 3 heterocycles. The molecule has 0 spiro atoms. The highest BCUT2D eigenvalue weighted by Gasteiger charge is 2.21. The Morgan fingerprint density at radius 3 is 1.71 bits per heavy atom. The van der Waals surface area contributed by atoms with Crippen LogP contribution in [0.2, 0.25) is 0 Å². The zero-order valence-electron chi connectivity index (χ0n) is 28.0. The number of fused-ring (bicyclic) bond motifs is 7. The van der Waals surface area contributed by atoms with Crippen LogP contribution in [0.3, 0.4) is 0 Å². The summed E-state index contributed by atoms with van der Waals surface area (Å²) in [4.78, 5) is 10.0. The maximum Gasteiger partial charge on any atom is 0.160 e. The van der Waals surface area contributed by atoms with Crippen molar-refractivity contribution in [1.29, 1.82) is 5.26 Å². The molecule has 0 saturated heterocycles. The van der Waals surface area contributed by atoms with Crippen LogP contribution in [0.15, 0.2) is 176 Å². The van der Waals surface area contributed by atoms with Crippen LogP contribution in [0.25, 0.3) is 88.9 Å². The van der Waals surface area contributed by atoms with Crippen LogP contribution in [-0.4, -0.2) is 19.1 Å². The smallest absolute Gasteiger partial charge is 0.160 e. The second kappa shape index (κ2) is 11.9. The molecule has 0 aliphatic rings. The molecule has 0 aliphatic heterocycles. The molecule has 0 N–H and O–H groups in total. The molecule has 5 nitrogen and oxygen atoms in total. The van der Waals surface area contributed by atoms with Gasteiger partial charge in [-0.25, -0.2) is 9.97 Å². The van der Waals surface area contributed by atoms with Crippen molar-refractivity contribution in [3.63, 3.8) is 0 Å². The fourth-order valence-electron chi connectivity index (χ4n) is 7.60. The van der Waals surface area contributed by atoms with Gasteiger partial charge in [-0.1, -0.05) is 115 Å². The summed E-state index contributed by atoms with van der Waals surface area (Å²) in [5.74, 6) is 0.689. The molecule has 0 atom stereocenters. The Morgan fingerprint density at radius 2 is 1.00 bits per heavy atom. The molecule has 10 aromatic rings. The monoisotopic (exact) mass is 663 g/mol. The molecule has 0 unspecified atom stereocenters. The van der Waals surface area contributed by atoms with Crippen molar-refractivity contribution in [3.05, 3.63) is 181 Å². The molecule has 10 rings (SSSR count). The molecule has 3 aromatic heterocycles. The first-order valence-electron chi connectivity index (χ1n) is 17.3. The van der Waals surface area contributed by atoms with Crippen molar-refractivity contribution in [2.75, 3.05) is 0 Å². The number of aromatic nitrogens is 4. The Bertz CT molecular complexity index is 2930. The van der Waals surface area contributed by atoms with Gasteiger partial charge < -0.3 is 9.13 Å². The van der Waals surface area contributed by atoms with Crippen LogP contribution >= 0.6 is 0 Å². The van der Waals surface area contributed by atoms with Gasteiger partial charge in [0, 0.05) is 49.6 Å². The van der Waals surface area contributed by atoms with Gasteiger partial charge in [-0.2, -0.15) is 5.26 Å². The van der Waals surface area contributed by atoms with Crippen molar-refractivity contribution in [3.8, 4) is 51.3 Å². The summed E-state index contributed by atoms with van der Waals surface area (Å²) in [6.07, 6.45) is 0. The Labute approximate surface area is 299 Å². The Balaban J connectivity index is 1.21. The van der Waals surface area contributed by atoms with Gasteiger partial charge in [-0.3, -0.25) is 0 Å². The zero-order chi connectivity index (χ0) is 34.6. The van der Waals surface area contributed by atoms with Gasteiger partial charge in [0.25, 0.3) is 0 Å². The van der Waals surface area contributed by atoms with Gasteiger partial charge in [-0.15, -0.1) is 0 Å². The molecule has 52 heavy (non-hydrogen) atoms. The molecule has 0 saturated carbocycles. The predicted molar refractivity (Wildman–Crippen MR) is 212 cm³/mol. The highest BCUT2D eigenvalue weighted by atomic mass is 15.0. The second-order valence-electron chi connectivity index (χ2n) is 13.0. The van der Waals surface area contributed by atoms with Gasteiger partial charge in [-0.05, 0) is 60.7 Å². The van der Waals surface area contributed by atoms with E-state index in [1.807, 2.05) is 60.7 Å². The lowest BCUT2D eigenvalue weighted by atomic mass is 10.1. The Hall–Kier alpha value is -7.29. The Morgan fingerprint density at radius 1 is 0.423 bits per heavy atom. The van der Waals surface area contributed by atoms with E-state index in [1.165, 1.54) is 10.8 Å². The van der Waals surface area contributed by atoms with E-state index in [0.29, 0.717) is 11.4 Å². The van der Waals surface area contributed by atoms with Crippen LogP contribution in [0.1, 0.15) is 5.56 Å². The van der Waals surface area contributed by atoms with Gasteiger partial charge in [0.05, 0.1) is 45.1 Å². The molecule has 242 valence electrons. The number of nitriles is 1. The summed E-state index contributed by atoms with van der Waals surface area (Å²) in [5.41, 5.74) is 12.0. The molecule has 0 fully saturated rings. The number of hydrogen-bond acceptors (Lipinski definition) is 3. The van der Waals surface area contributed by atoms with E-state index in [0.717, 1.165) is 72.3 Å². The molecule has 0 radical (unpaired) electrons. The SMILES string of the molecule is N#Cc1ccc2c(c1)c1ccc3c(c4ccccc4n3-c3ccccc3)c1n2-c1ccc(-c2cc(-c3ccccc3)nc(-c3ccccc3)n2)cc1. The van der Waals surface area contributed by atoms with Crippen LogP contribution in [-0.2, 0) is 0 Å². The van der Waals surface area contributed by atoms with Crippen molar-refractivity contribution >= 4 is 43.6 Å². The lowest BCUT2D eigenvalue weighted by molar-refractivity contribution is 1.17. The summed E-state index contributed by atoms with van der Waals surface area (Å²) in [6.45, 7) is 0. The first kappa shape index (κ1) is 29.6. The van der Waals surface area contributed by atoms with Crippen molar-refractivity contribution in [2.24, 2.45) is 0 Å². The lowest BCUT2D eigenvalue weighted by Gasteiger charge is -2.12. The fraction of sp³-hybridized carbons (Fsp3) is 0. The van der Waals surface area contributed by atoms with E-state index >= 15 is 0 Å². The highest BCUT2D eigenvalue weighted by Crippen LogP contribution is 2.42. The van der Waals surface area contributed by atoms with E-state index in [9.17, 15) is 5.26 Å². The third kappa shape index (κ3) is 4.70. The highest BCUT2D eigenvalue weighted by molar-refractivity contribution is 6.26. The second-order valence-corrected chi connectivity index (χ2v) is 13.0. The largest absolute Gasteiger partial charge is 0.309 e. The van der Waals surface area contributed by atoms with Gasteiger partial charge >= 0.3 is 0 Å². The van der Waals surface area contributed by atoms with E-state index in [-0.39, 0.29) is 0 Å². The molecule has 0 aliphatic carbocycles. The minimum atomic E-state index is 0.640.